The van der Waals surface area contributed by atoms with Crippen LogP contribution in [-0.4, -0.2) is 4.98 Å². The van der Waals surface area contributed by atoms with Gasteiger partial charge in [-0.05, 0) is 70.4 Å². The van der Waals surface area contributed by atoms with Gasteiger partial charge in [-0.3, -0.25) is 4.98 Å². The van der Waals surface area contributed by atoms with Crippen molar-refractivity contribution in [2.24, 2.45) is 0 Å². The van der Waals surface area contributed by atoms with Gasteiger partial charge in [-0.15, -0.1) is 0 Å². The molecule has 4 nitrogen and oxygen atoms in total. The molecule has 4 N–H and O–H groups in total. The Bertz CT molecular complexity index is 2110. The molecule has 0 atom stereocenters. The van der Waals surface area contributed by atoms with Gasteiger partial charge in [0.25, 0.3) is 0 Å². The van der Waals surface area contributed by atoms with Crippen molar-refractivity contribution in [1.29, 1.82) is 0 Å². The van der Waals surface area contributed by atoms with Gasteiger partial charge in [0.2, 0.25) is 0 Å². The van der Waals surface area contributed by atoms with Crippen molar-refractivity contribution < 1.29 is 0 Å². The zero-order chi connectivity index (χ0) is 28.2. The molecule has 0 fully saturated rings. The minimum Gasteiger partial charge on any atom is -0.397 e. The standard InChI is InChI=1S/C37H26N4S/c38-36-30-19-24(26-18-25(21-40-22-26)23-8-2-1-3-9-23)14-16-28(30)29-17-15-27(20-31(29)37(36)39)41-32-10-4-6-12-34(32)42-35-13-7-5-11-33(35)41/h1-22H,38-39H2. The Morgan fingerprint density at radius 2 is 1.05 bits per heavy atom. The fourth-order valence-electron chi connectivity index (χ4n) is 5.97. The van der Waals surface area contributed by atoms with Crippen LogP contribution >= 0.6 is 11.8 Å². The lowest BCUT2D eigenvalue weighted by Gasteiger charge is -2.33. The lowest BCUT2D eigenvalue weighted by Crippen LogP contribution is -2.14. The number of benzene rings is 6. The third-order valence-electron chi connectivity index (χ3n) is 8.05. The van der Waals surface area contributed by atoms with Crippen molar-refractivity contribution >= 4 is 61.7 Å². The summed E-state index contributed by atoms with van der Waals surface area (Å²) in [7, 11) is 0. The molecule has 2 heterocycles. The highest BCUT2D eigenvalue weighted by Gasteiger charge is 2.25. The molecule has 5 heteroatoms. The summed E-state index contributed by atoms with van der Waals surface area (Å²) < 4.78 is 0. The summed E-state index contributed by atoms with van der Waals surface area (Å²) in [6.45, 7) is 0. The smallest absolute Gasteiger partial charge is 0.0634 e. The topological polar surface area (TPSA) is 68.2 Å². The highest BCUT2D eigenvalue weighted by molar-refractivity contribution is 7.99. The summed E-state index contributed by atoms with van der Waals surface area (Å²) in [6.07, 6.45) is 3.79. The van der Waals surface area contributed by atoms with Gasteiger partial charge in [-0.25, -0.2) is 0 Å². The van der Waals surface area contributed by atoms with E-state index >= 15 is 0 Å². The van der Waals surface area contributed by atoms with Crippen LogP contribution in [0, 0.1) is 0 Å². The SMILES string of the molecule is Nc1c(N)c2cc(N3c4ccccc4Sc4ccccc43)ccc2c2ccc(-c3cncc(-c4ccccc4)c3)cc12. The number of para-hydroxylation sites is 2. The van der Waals surface area contributed by atoms with Gasteiger partial charge in [0.1, 0.15) is 0 Å². The van der Waals surface area contributed by atoms with Crippen LogP contribution in [0.25, 0.3) is 43.8 Å². The fraction of sp³-hybridized carbons (Fsp3) is 0. The van der Waals surface area contributed by atoms with Crippen molar-refractivity contribution in [2.45, 2.75) is 9.79 Å². The Labute approximate surface area is 248 Å². The highest BCUT2D eigenvalue weighted by Crippen LogP contribution is 2.52. The fourth-order valence-corrected chi connectivity index (χ4v) is 7.03. The number of aromatic nitrogens is 1. The molecule has 1 aliphatic heterocycles. The maximum absolute atomic E-state index is 6.80. The molecule has 0 unspecified atom stereocenters. The summed E-state index contributed by atoms with van der Waals surface area (Å²) in [5, 5.41) is 4.05. The molecule has 0 bridgehead atoms. The molecule has 0 saturated carbocycles. The first kappa shape index (κ1) is 24.5. The quantitative estimate of drug-likeness (QED) is 0.128. The third-order valence-corrected chi connectivity index (χ3v) is 9.18. The molecule has 6 aromatic carbocycles. The summed E-state index contributed by atoms with van der Waals surface area (Å²) in [5.74, 6) is 0. The van der Waals surface area contributed by atoms with Gasteiger partial charge in [0.05, 0.1) is 22.7 Å². The van der Waals surface area contributed by atoms with E-state index in [4.69, 9.17) is 11.5 Å². The van der Waals surface area contributed by atoms with E-state index in [2.05, 4.69) is 113 Å². The van der Waals surface area contributed by atoms with Crippen LogP contribution in [0.2, 0.25) is 0 Å². The minimum absolute atomic E-state index is 0.596. The number of nitrogens with zero attached hydrogens (tertiary/aromatic N) is 2. The molecule has 1 aromatic heterocycles. The maximum Gasteiger partial charge on any atom is 0.0634 e. The number of hydrogen-bond acceptors (Lipinski definition) is 5. The van der Waals surface area contributed by atoms with Crippen molar-refractivity contribution in [3.05, 3.63) is 134 Å². The summed E-state index contributed by atoms with van der Waals surface area (Å²) in [6, 6.07) is 42.5. The maximum atomic E-state index is 6.80. The largest absolute Gasteiger partial charge is 0.397 e. The summed E-state index contributed by atoms with van der Waals surface area (Å²) in [5.41, 5.74) is 22.4. The molecule has 200 valence electrons. The van der Waals surface area contributed by atoms with E-state index < -0.39 is 0 Å². The number of fused-ring (bicyclic) bond motifs is 5. The van der Waals surface area contributed by atoms with Crippen molar-refractivity contribution in [3.63, 3.8) is 0 Å². The van der Waals surface area contributed by atoms with E-state index in [1.165, 1.54) is 9.79 Å². The molecular formula is C37H26N4S. The first-order valence-electron chi connectivity index (χ1n) is 13.9. The molecule has 0 amide bonds. The second-order valence-electron chi connectivity index (χ2n) is 10.5. The molecule has 0 spiro atoms. The van der Waals surface area contributed by atoms with Gasteiger partial charge in [0, 0.05) is 49.8 Å². The van der Waals surface area contributed by atoms with Crippen molar-refractivity contribution in [1.82, 2.24) is 4.98 Å². The molecule has 0 aliphatic carbocycles. The van der Waals surface area contributed by atoms with Crippen molar-refractivity contribution in [2.75, 3.05) is 16.4 Å². The summed E-state index contributed by atoms with van der Waals surface area (Å²) in [4.78, 5) is 9.29. The number of anilines is 5. The van der Waals surface area contributed by atoms with Crippen LogP contribution in [0.15, 0.2) is 144 Å². The Hall–Kier alpha value is -5.26. The predicted molar refractivity (Wildman–Crippen MR) is 178 cm³/mol. The zero-order valence-electron chi connectivity index (χ0n) is 22.7. The Kier molecular flexibility index (Phi) is 5.66. The predicted octanol–water partition coefficient (Wildman–Crippen LogP) is 9.82. The van der Waals surface area contributed by atoms with Crippen LogP contribution in [0.3, 0.4) is 0 Å². The van der Waals surface area contributed by atoms with Gasteiger partial charge in [-0.1, -0.05) is 84.6 Å². The number of rotatable bonds is 3. The first-order valence-corrected chi connectivity index (χ1v) is 14.7. The van der Waals surface area contributed by atoms with Crippen LogP contribution in [-0.2, 0) is 0 Å². The Morgan fingerprint density at radius 3 is 1.74 bits per heavy atom. The number of nitrogen functional groups attached to an aromatic ring is 2. The van der Waals surface area contributed by atoms with Gasteiger partial charge in [0.15, 0.2) is 0 Å². The van der Waals surface area contributed by atoms with E-state index in [1.807, 2.05) is 30.6 Å². The minimum atomic E-state index is 0.596. The number of hydrogen-bond donors (Lipinski definition) is 2. The lowest BCUT2D eigenvalue weighted by atomic mass is 9.94. The summed E-state index contributed by atoms with van der Waals surface area (Å²) >= 11 is 1.80. The van der Waals surface area contributed by atoms with Crippen molar-refractivity contribution in [3.8, 4) is 22.3 Å². The molecule has 0 saturated heterocycles. The zero-order valence-corrected chi connectivity index (χ0v) is 23.5. The third kappa shape index (κ3) is 3.90. The van der Waals surface area contributed by atoms with E-state index in [9.17, 15) is 0 Å². The molecule has 0 radical (unpaired) electrons. The van der Waals surface area contributed by atoms with Gasteiger partial charge < -0.3 is 16.4 Å². The van der Waals surface area contributed by atoms with E-state index in [-0.39, 0.29) is 0 Å². The first-order chi connectivity index (χ1) is 20.7. The molecule has 42 heavy (non-hydrogen) atoms. The second-order valence-corrected chi connectivity index (χ2v) is 11.6. The lowest BCUT2D eigenvalue weighted by molar-refractivity contribution is 1.17. The molecular weight excluding hydrogens is 533 g/mol. The Morgan fingerprint density at radius 1 is 0.476 bits per heavy atom. The number of nitrogens with two attached hydrogens (primary N) is 2. The van der Waals surface area contributed by atoms with E-state index in [0.29, 0.717) is 11.4 Å². The van der Waals surface area contributed by atoms with Crippen LogP contribution in [0.4, 0.5) is 28.4 Å². The molecule has 8 rings (SSSR count). The average Bonchev–Trinajstić information content (AvgIpc) is 3.06. The van der Waals surface area contributed by atoms with E-state index in [1.54, 1.807) is 11.8 Å². The van der Waals surface area contributed by atoms with E-state index in [0.717, 1.165) is 60.9 Å². The van der Waals surface area contributed by atoms with Crippen LogP contribution in [0.1, 0.15) is 0 Å². The molecule has 7 aromatic rings. The van der Waals surface area contributed by atoms with Gasteiger partial charge >= 0.3 is 0 Å². The monoisotopic (exact) mass is 558 g/mol. The second kappa shape index (κ2) is 9.68. The Balaban J connectivity index is 1.27. The normalized spacial score (nSPS) is 12.3. The van der Waals surface area contributed by atoms with Crippen LogP contribution in [0.5, 0.6) is 0 Å². The van der Waals surface area contributed by atoms with Gasteiger partial charge in [-0.2, -0.15) is 0 Å². The van der Waals surface area contributed by atoms with Crippen LogP contribution < -0.4 is 16.4 Å². The molecule has 1 aliphatic rings. The number of pyridine rings is 1. The highest BCUT2D eigenvalue weighted by atomic mass is 32.2. The average molecular weight is 559 g/mol.